The van der Waals surface area contributed by atoms with E-state index in [1.54, 1.807) is 23.7 Å². The van der Waals surface area contributed by atoms with Gasteiger partial charge in [-0.3, -0.25) is 4.57 Å². The summed E-state index contributed by atoms with van der Waals surface area (Å²) in [4.78, 5) is 17.9. The second-order valence-electron chi connectivity index (χ2n) is 10.4. The number of ether oxygens (including phenoxy) is 1. The van der Waals surface area contributed by atoms with Crippen LogP contribution in [0.1, 0.15) is 57.2 Å². The van der Waals surface area contributed by atoms with Crippen LogP contribution in [0.25, 0.3) is 10.4 Å². The molecule has 2 unspecified atom stereocenters. The number of thiophene rings is 1. The molecule has 0 saturated carbocycles. The van der Waals surface area contributed by atoms with Crippen LogP contribution >= 0.6 is 41.6 Å². The Balaban J connectivity index is 1.50. The topological polar surface area (TPSA) is 85.7 Å². The zero-order valence-corrected chi connectivity index (χ0v) is 26.6. The lowest BCUT2D eigenvalue weighted by Crippen LogP contribution is -2.22. The number of aromatic nitrogens is 1. The molecule has 2 aromatic heterocycles. The minimum absolute atomic E-state index is 0.199. The number of thiazole rings is 1. The number of carboxylic acids is 1. The number of halogens is 1. The number of aryl methyl sites for hydroxylation is 1. The Morgan fingerprint density at radius 3 is 2.60 bits per heavy atom. The van der Waals surface area contributed by atoms with Crippen LogP contribution in [0.5, 0.6) is 0 Å². The largest absolute Gasteiger partial charge is 0.477 e. The Bertz CT molecular complexity index is 1650. The molecule has 218 valence electrons. The molecule has 2 atom stereocenters. The summed E-state index contributed by atoms with van der Waals surface area (Å²) in [6.07, 6.45) is 2.67. The predicted molar refractivity (Wildman–Crippen MR) is 171 cm³/mol. The van der Waals surface area contributed by atoms with Gasteiger partial charge in [-0.05, 0) is 97.0 Å². The molecule has 0 bridgehead atoms. The Hall–Kier alpha value is -2.76. The average molecular weight is 640 g/mol. The number of hydrogen-bond donors (Lipinski definition) is 1. The first-order chi connectivity index (χ1) is 20.3. The van der Waals surface area contributed by atoms with Crippen LogP contribution in [0.3, 0.4) is 0 Å². The maximum absolute atomic E-state index is 14.4. The fourth-order valence-electron chi connectivity index (χ4n) is 5.39. The summed E-state index contributed by atoms with van der Waals surface area (Å²) in [5.41, 5.74) is 5.72. The molecular formula is C32H31ClNO5PS2. The van der Waals surface area contributed by atoms with Crippen molar-refractivity contribution in [2.75, 3.05) is 26.5 Å². The van der Waals surface area contributed by atoms with Crippen molar-refractivity contribution < 1.29 is 23.7 Å². The van der Waals surface area contributed by atoms with Gasteiger partial charge in [0, 0.05) is 52.6 Å². The molecule has 5 rings (SSSR count). The lowest BCUT2D eigenvalue weighted by atomic mass is 9.86. The van der Waals surface area contributed by atoms with E-state index in [9.17, 15) is 14.5 Å². The van der Waals surface area contributed by atoms with Crippen LogP contribution in [0, 0.1) is 24.7 Å². The molecule has 10 heteroatoms. The third-order valence-corrected chi connectivity index (χ3v) is 12.3. The zero-order valence-electron chi connectivity index (χ0n) is 23.3. The smallest absolute Gasteiger partial charge is 0.346 e. The van der Waals surface area contributed by atoms with Crippen LogP contribution in [-0.4, -0.2) is 42.5 Å². The van der Waals surface area contributed by atoms with Gasteiger partial charge in [0.05, 0.1) is 5.51 Å². The first-order valence-corrected chi connectivity index (χ1v) is 17.6. The van der Waals surface area contributed by atoms with Gasteiger partial charge in [0.2, 0.25) is 7.37 Å². The van der Waals surface area contributed by atoms with Crippen molar-refractivity contribution in [3.8, 4) is 22.3 Å². The van der Waals surface area contributed by atoms with Gasteiger partial charge in [-0.25, -0.2) is 9.78 Å². The number of nitrogens with zero attached hydrogens (tertiary/aromatic N) is 1. The van der Waals surface area contributed by atoms with Crippen LogP contribution in [0.15, 0.2) is 59.4 Å². The molecule has 0 radical (unpaired) electrons. The lowest BCUT2D eigenvalue weighted by Gasteiger charge is -2.29. The molecule has 1 N–H and O–H groups in total. The summed E-state index contributed by atoms with van der Waals surface area (Å²) in [6.45, 7) is 3.22. The highest BCUT2D eigenvalue weighted by molar-refractivity contribution is 7.67. The Morgan fingerprint density at radius 2 is 1.95 bits per heavy atom. The molecule has 1 fully saturated rings. The minimum Gasteiger partial charge on any atom is -0.477 e. The number of benzene rings is 2. The van der Waals surface area contributed by atoms with Gasteiger partial charge in [-0.15, -0.1) is 22.7 Å². The molecule has 42 heavy (non-hydrogen) atoms. The second kappa shape index (κ2) is 13.7. The van der Waals surface area contributed by atoms with Gasteiger partial charge in [-0.1, -0.05) is 29.7 Å². The van der Waals surface area contributed by atoms with E-state index in [-0.39, 0.29) is 17.0 Å². The van der Waals surface area contributed by atoms with E-state index in [4.69, 9.17) is 20.9 Å². The standard InChI is InChI=1S/C32H31ClNO5PS2/c1-21-15-26(33)8-10-29(21)40(37,38-2)18-25(16-23-11-13-39-14-12-23)28-17-30(42-31(28)32(35)36)24-6-3-22(4-7-24)5-9-27-19-41-20-34-27/h3-4,6-8,10,15,17,19-20,23,25H,11-14,16,18H2,1-2H3,(H,35,36). The van der Waals surface area contributed by atoms with Crippen molar-refractivity contribution >= 4 is 52.9 Å². The molecule has 0 spiro atoms. The van der Waals surface area contributed by atoms with E-state index < -0.39 is 13.3 Å². The fourth-order valence-corrected chi connectivity index (χ4v) is 9.57. The average Bonchev–Trinajstić information content (AvgIpc) is 3.67. The monoisotopic (exact) mass is 639 g/mol. The summed E-state index contributed by atoms with van der Waals surface area (Å²) in [5.74, 6) is 5.23. The first-order valence-electron chi connectivity index (χ1n) is 13.6. The summed E-state index contributed by atoms with van der Waals surface area (Å²) < 4.78 is 25.8. The Labute approximate surface area is 259 Å². The van der Waals surface area contributed by atoms with E-state index in [1.165, 1.54) is 29.8 Å². The van der Waals surface area contributed by atoms with Gasteiger partial charge in [-0.2, -0.15) is 0 Å². The summed E-state index contributed by atoms with van der Waals surface area (Å²) in [5, 5.41) is 13.4. The Morgan fingerprint density at radius 1 is 1.19 bits per heavy atom. The van der Waals surface area contributed by atoms with Crippen molar-refractivity contribution in [3.05, 3.63) is 91.7 Å². The summed E-state index contributed by atoms with van der Waals surface area (Å²) in [7, 11) is -1.88. The molecule has 0 aliphatic carbocycles. The lowest BCUT2D eigenvalue weighted by molar-refractivity contribution is 0.0618. The number of rotatable bonds is 9. The molecule has 6 nitrogen and oxygen atoms in total. The maximum Gasteiger partial charge on any atom is 0.346 e. The summed E-state index contributed by atoms with van der Waals surface area (Å²) >= 11 is 8.94. The van der Waals surface area contributed by atoms with Crippen LogP contribution < -0.4 is 5.30 Å². The first kappa shape index (κ1) is 30.7. The van der Waals surface area contributed by atoms with Gasteiger partial charge in [0.1, 0.15) is 10.6 Å². The molecule has 4 aromatic rings. The van der Waals surface area contributed by atoms with E-state index in [0.717, 1.165) is 40.1 Å². The minimum atomic E-state index is -3.34. The SMILES string of the molecule is COP(=O)(CC(CC1CCOCC1)c1cc(-c2ccc(C#Cc3cscn3)cc2)sc1C(=O)O)c1ccc(Cl)cc1C. The molecule has 2 aromatic carbocycles. The van der Waals surface area contributed by atoms with E-state index >= 15 is 0 Å². The van der Waals surface area contributed by atoms with Crippen LogP contribution in [0.4, 0.5) is 0 Å². The number of aromatic carboxylic acids is 1. The quantitative estimate of drug-likeness (QED) is 0.147. The van der Waals surface area contributed by atoms with Crippen molar-refractivity contribution in [2.24, 2.45) is 5.92 Å². The van der Waals surface area contributed by atoms with E-state index in [1.807, 2.05) is 42.6 Å². The predicted octanol–water partition coefficient (Wildman–Crippen LogP) is 8.08. The molecule has 1 saturated heterocycles. The van der Waals surface area contributed by atoms with Crippen LogP contribution in [-0.2, 0) is 13.8 Å². The number of carbonyl (C=O) groups is 1. The van der Waals surface area contributed by atoms with Crippen molar-refractivity contribution in [1.29, 1.82) is 0 Å². The highest BCUT2D eigenvalue weighted by Crippen LogP contribution is 2.52. The highest BCUT2D eigenvalue weighted by Gasteiger charge is 2.35. The molecule has 3 heterocycles. The maximum atomic E-state index is 14.4. The van der Waals surface area contributed by atoms with Gasteiger partial charge >= 0.3 is 5.97 Å². The van der Waals surface area contributed by atoms with Crippen LogP contribution in [0.2, 0.25) is 5.02 Å². The molecule has 0 amide bonds. The number of hydrogen-bond acceptors (Lipinski definition) is 7. The second-order valence-corrected chi connectivity index (χ2v) is 15.1. The van der Waals surface area contributed by atoms with Gasteiger partial charge < -0.3 is 14.4 Å². The Kier molecular flexibility index (Phi) is 10.0. The third-order valence-electron chi connectivity index (χ3n) is 7.57. The van der Waals surface area contributed by atoms with Crippen molar-refractivity contribution in [2.45, 2.75) is 32.1 Å². The fraction of sp³-hybridized carbons (Fsp3) is 0.312. The van der Waals surface area contributed by atoms with E-state index in [0.29, 0.717) is 41.4 Å². The van der Waals surface area contributed by atoms with E-state index in [2.05, 4.69) is 16.8 Å². The number of carboxylic acid groups (broad SMARTS) is 1. The van der Waals surface area contributed by atoms with Crippen molar-refractivity contribution in [1.82, 2.24) is 4.98 Å². The zero-order chi connectivity index (χ0) is 29.7. The van der Waals surface area contributed by atoms with Gasteiger partial charge in [0.25, 0.3) is 0 Å². The normalized spacial score (nSPS) is 15.9. The molecule has 1 aliphatic heterocycles. The third kappa shape index (κ3) is 7.23. The summed E-state index contributed by atoms with van der Waals surface area (Å²) in [6, 6.07) is 15.0. The highest BCUT2D eigenvalue weighted by atomic mass is 35.5. The molecular weight excluding hydrogens is 609 g/mol. The van der Waals surface area contributed by atoms with Gasteiger partial charge in [0.15, 0.2) is 0 Å². The molecule has 1 aliphatic rings. The van der Waals surface area contributed by atoms with Crippen molar-refractivity contribution in [3.63, 3.8) is 0 Å².